The van der Waals surface area contributed by atoms with Crippen molar-refractivity contribution in [1.82, 2.24) is 5.32 Å². The van der Waals surface area contributed by atoms with Gasteiger partial charge in [0.15, 0.2) is 0 Å². The van der Waals surface area contributed by atoms with Crippen LogP contribution in [0.3, 0.4) is 0 Å². The van der Waals surface area contributed by atoms with Crippen LogP contribution in [0.5, 0.6) is 5.75 Å². The van der Waals surface area contributed by atoms with E-state index < -0.39 is 0 Å². The van der Waals surface area contributed by atoms with E-state index in [0.717, 1.165) is 18.7 Å². The molecule has 1 aliphatic rings. The van der Waals surface area contributed by atoms with Crippen molar-refractivity contribution in [2.45, 2.75) is 39.2 Å². The lowest BCUT2D eigenvalue weighted by atomic mass is 9.67. The molecule has 1 N–H and O–H groups in total. The summed E-state index contributed by atoms with van der Waals surface area (Å²) in [5, 5.41) is 12.6. The van der Waals surface area contributed by atoms with Gasteiger partial charge in [0.1, 0.15) is 11.8 Å². The van der Waals surface area contributed by atoms with Crippen molar-refractivity contribution in [3.05, 3.63) is 29.3 Å². The Morgan fingerprint density at radius 3 is 2.74 bits per heavy atom. The third-order valence-corrected chi connectivity index (χ3v) is 4.38. The third-order valence-electron chi connectivity index (χ3n) is 4.38. The summed E-state index contributed by atoms with van der Waals surface area (Å²) in [4.78, 5) is 0. The van der Waals surface area contributed by atoms with Crippen molar-refractivity contribution in [3.8, 4) is 11.8 Å². The number of hydrogen-bond donors (Lipinski definition) is 1. The first-order chi connectivity index (χ1) is 9.23. The second kappa shape index (κ2) is 6.08. The molecule has 0 aliphatic heterocycles. The second-order valence-corrected chi connectivity index (χ2v) is 5.46. The lowest BCUT2D eigenvalue weighted by molar-refractivity contribution is 0.124. The van der Waals surface area contributed by atoms with E-state index in [2.05, 4.69) is 18.3 Å². The molecule has 1 fully saturated rings. The van der Waals surface area contributed by atoms with Gasteiger partial charge in [-0.3, -0.25) is 0 Å². The van der Waals surface area contributed by atoms with Gasteiger partial charge in [-0.1, -0.05) is 19.4 Å². The molecule has 1 aromatic rings. The number of nitriles is 1. The van der Waals surface area contributed by atoms with Crippen LogP contribution in [0, 0.1) is 16.7 Å². The third kappa shape index (κ3) is 3.08. The molecular formula is C16H22N2O. The van der Waals surface area contributed by atoms with Crippen molar-refractivity contribution < 1.29 is 4.74 Å². The lowest BCUT2D eigenvalue weighted by Gasteiger charge is -2.41. The van der Waals surface area contributed by atoms with Gasteiger partial charge in [-0.25, -0.2) is 0 Å². The van der Waals surface area contributed by atoms with E-state index >= 15 is 0 Å². The van der Waals surface area contributed by atoms with E-state index in [-0.39, 0.29) is 0 Å². The maximum atomic E-state index is 9.06. The van der Waals surface area contributed by atoms with Gasteiger partial charge in [-0.05, 0) is 42.4 Å². The van der Waals surface area contributed by atoms with E-state index in [4.69, 9.17) is 10.00 Å². The van der Waals surface area contributed by atoms with Crippen LogP contribution >= 0.6 is 0 Å². The maximum Gasteiger partial charge on any atom is 0.136 e. The molecule has 3 heteroatoms. The highest BCUT2D eigenvalue weighted by Gasteiger charge is 2.34. The Morgan fingerprint density at radius 1 is 1.42 bits per heavy atom. The number of hydrogen-bond acceptors (Lipinski definition) is 3. The highest BCUT2D eigenvalue weighted by atomic mass is 16.5. The summed E-state index contributed by atoms with van der Waals surface area (Å²) >= 11 is 0. The Kier molecular flexibility index (Phi) is 4.44. The van der Waals surface area contributed by atoms with Crippen LogP contribution in [0.25, 0.3) is 0 Å². The Bertz CT molecular complexity index is 467. The van der Waals surface area contributed by atoms with Crippen molar-refractivity contribution in [2.24, 2.45) is 5.41 Å². The molecule has 0 heterocycles. The van der Waals surface area contributed by atoms with Gasteiger partial charge in [0.2, 0.25) is 0 Å². The Labute approximate surface area is 115 Å². The quantitative estimate of drug-likeness (QED) is 0.852. The van der Waals surface area contributed by atoms with Crippen molar-refractivity contribution in [2.75, 3.05) is 13.7 Å². The predicted molar refractivity (Wildman–Crippen MR) is 76.0 cm³/mol. The average Bonchev–Trinajstić information content (AvgIpc) is 2.41. The summed E-state index contributed by atoms with van der Waals surface area (Å²) < 4.78 is 5.15. The van der Waals surface area contributed by atoms with Crippen LogP contribution in [-0.4, -0.2) is 13.7 Å². The van der Waals surface area contributed by atoms with E-state index in [1.54, 1.807) is 7.11 Å². The number of benzene rings is 1. The van der Waals surface area contributed by atoms with Crippen molar-refractivity contribution >= 4 is 0 Å². The van der Waals surface area contributed by atoms with Crippen LogP contribution in [0.1, 0.15) is 43.7 Å². The van der Waals surface area contributed by atoms with Crippen molar-refractivity contribution in [3.63, 3.8) is 0 Å². The smallest absolute Gasteiger partial charge is 0.136 e. The Hall–Kier alpha value is -1.53. The summed E-state index contributed by atoms with van der Waals surface area (Å²) in [6, 6.07) is 7.97. The summed E-state index contributed by atoms with van der Waals surface area (Å²) in [6.07, 6.45) is 5.33. The predicted octanol–water partition coefficient (Wildman–Crippen LogP) is 3.24. The molecule has 0 unspecified atom stereocenters. The summed E-state index contributed by atoms with van der Waals surface area (Å²) in [5.41, 5.74) is 2.28. The SMILES string of the molecule is CCC1(CNCc2ccc(OC)c(C#N)c2)CCC1. The highest BCUT2D eigenvalue weighted by molar-refractivity contribution is 5.45. The molecule has 2 rings (SSSR count). The molecule has 0 saturated heterocycles. The Morgan fingerprint density at radius 2 is 2.21 bits per heavy atom. The molecule has 0 radical (unpaired) electrons. The monoisotopic (exact) mass is 258 g/mol. The number of nitrogens with zero attached hydrogens (tertiary/aromatic N) is 1. The zero-order valence-corrected chi connectivity index (χ0v) is 11.8. The van der Waals surface area contributed by atoms with Crippen molar-refractivity contribution in [1.29, 1.82) is 5.26 Å². The molecule has 102 valence electrons. The molecule has 0 atom stereocenters. The fourth-order valence-corrected chi connectivity index (χ4v) is 2.76. The molecule has 1 saturated carbocycles. The summed E-state index contributed by atoms with van der Waals surface area (Å²) in [5.74, 6) is 0.648. The molecule has 1 aromatic carbocycles. The molecular weight excluding hydrogens is 236 g/mol. The molecule has 19 heavy (non-hydrogen) atoms. The van der Waals surface area contributed by atoms with Gasteiger partial charge in [0.25, 0.3) is 0 Å². The van der Waals surface area contributed by atoms with Crippen LogP contribution < -0.4 is 10.1 Å². The molecule has 0 aromatic heterocycles. The van der Waals surface area contributed by atoms with Gasteiger partial charge in [0, 0.05) is 13.1 Å². The minimum Gasteiger partial charge on any atom is -0.495 e. The van der Waals surface area contributed by atoms with Gasteiger partial charge < -0.3 is 10.1 Å². The number of methoxy groups -OCH3 is 1. The fraction of sp³-hybridized carbons (Fsp3) is 0.562. The maximum absolute atomic E-state index is 9.06. The first-order valence-corrected chi connectivity index (χ1v) is 7.01. The van der Waals surface area contributed by atoms with Gasteiger partial charge in [-0.15, -0.1) is 0 Å². The summed E-state index contributed by atoms with van der Waals surface area (Å²) in [6.45, 7) is 4.18. The lowest BCUT2D eigenvalue weighted by Crippen LogP contribution is -2.39. The number of nitrogens with one attached hydrogen (secondary N) is 1. The minimum atomic E-state index is 0.532. The number of ether oxygens (including phenoxy) is 1. The highest BCUT2D eigenvalue weighted by Crippen LogP contribution is 2.43. The van der Waals surface area contributed by atoms with Crippen LogP contribution in [0.2, 0.25) is 0 Å². The van der Waals surface area contributed by atoms with Gasteiger partial charge in [-0.2, -0.15) is 5.26 Å². The van der Waals surface area contributed by atoms with E-state index in [1.807, 2.05) is 18.2 Å². The number of rotatable bonds is 6. The average molecular weight is 258 g/mol. The fourth-order valence-electron chi connectivity index (χ4n) is 2.76. The molecule has 0 spiro atoms. The van der Waals surface area contributed by atoms with Crippen LogP contribution in [-0.2, 0) is 6.54 Å². The van der Waals surface area contributed by atoms with E-state index in [0.29, 0.717) is 16.7 Å². The first-order valence-electron chi connectivity index (χ1n) is 7.01. The van der Waals surface area contributed by atoms with Gasteiger partial charge >= 0.3 is 0 Å². The van der Waals surface area contributed by atoms with Crippen LogP contribution in [0.4, 0.5) is 0 Å². The first kappa shape index (κ1) is 13.9. The topological polar surface area (TPSA) is 45.0 Å². The van der Waals surface area contributed by atoms with E-state index in [1.165, 1.54) is 25.7 Å². The molecule has 0 amide bonds. The molecule has 3 nitrogen and oxygen atoms in total. The largest absolute Gasteiger partial charge is 0.495 e. The standard InChI is InChI=1S/C16H22N2O/c1-3-16(7-4-8-16)12-18-11-13-5-6-15(19-2)14(9-13)10-17/h5-6,9,18H,3-4,7-8,11-12H2,1-2H3. The zero-order chi connectivity index (χ0) is 13.7. The summed E-state index contributed by atoms with van der Waals surface area (Å²) in [7, 11) is 1.59. The second-order valence-electron chi connectivity index (χ2n) is 5.46. The minimum absolute atomic E-state index is 0.532. The molecule has 0 bridgehead atoms. The van der Waals surface area contributed by atoms with Gasteiger partial charge in [0.05, 0.1) is 12.7 Å². The Balaban J connectivity index is 1.91. The van der Waals surface area contributed by atoms with E-state index in [9.17, 15) is 0 Å². The normalized spacial score (nSPS) is 16.5. The van der Waals surface area contributed by atoms with Crippen LogP contribution in [0.15, 0.2) is 18.2 Å². The molecule has 1 aliphatic carbocycles. The zero-order valence-electron chi connectivity index (χ0n) is 11.8.